The van der Waals surface area contributed by atoms with E-state index in [-0.39, 0.29) is 5.91 Å². The number of amides is 1. The van der Waals surface area contributed by atoms with Crippen LogP contribution in [-0.2, 0) is 13.0 Å². The van der Waals surface area contributed by atoms with Crippen LogP contribution in [0.15, 0.2) is 53.5 Å². The molecule has 3 rings (SSSR count). The molecule has 1 aliphatic heterocycles. The molecule has 3 N–H and O–H groups in total. The summed E-state index contributed by atoms with van der Waals surface area (Å²) >= 11 is 2.03. The first-order chi connectivity index (χ1) is 15.2. The third kappa shape index (κ3) is 7.21. The van der Waals surface area contributed by atoms with Gasteiger partial charge in [0.15, 0.2) is 5.96 Å². The molecule has 0 aliphatic carbocycles. The van der Waals surface area contributed by atoms with Crippen molar-refractivity contribution in [2.45, 2.75) is 19.9 Å². The van der Waals surface area contributed by atoms with Crippen LogP contribution in [0.5, 0.6) is 0 Å². The summed E-state index contributed by atoms with van der Waals surface area (Å²) < 4.78 is 0. The first kappa shape index (κ1) is 23.0. The molecule has 1 amide bonds. The van der Waals surface area contributed by atoms with Crippen molar-refractivity contribution in [2.75, 3.05) is 49.6 Å². The number of guanidine groups is 1. The Labute approximate surface area is 189 Å². The number of carbonyl (C=O) groups excluding carboxylic acids is 1. The van der Waals surface area contributed by atoms with Crippen molar-refractivity contribution in [3.8, 4) is 0 Å². The average molecular weight is 440 g/mol. The molecule has 2 aromatic carbocycles. The van der Waals surface area contributed by atoms with Crippen molar-refractivity contribution in [1.29, 1.82) is 0 Å². The highest BCUT2D eigenvalue weighted by atomic mass is 32.2. The van der Waals surface area contributed by atoms with E-state index >= 15 is 0 Å². The molecule has 0 atom stereocenters. The van der Waals surface area contributed by atoms with Gasteiger partial charge in [0.05, 0.1) is 6.54 Å². The molecule has 31 heavy (non-hydrogen) atoms. The molecule has 2 aromatic rings. The highest BCUT2D eigenvalue weighted by Gasteiger charge is 2.10. The normalized spacial score (nSPS) is 14.3. The van der Waals surface area contributed by atoms with Gasteiger partial charge in [0.25, 0.3) is 5.91 Å². The Kier molecular flexibility index (Phi) is 9.09. The Morgan fingerprint density at radius 1 is 1.06 bits per heavy atom. The van der Waals surface area contributed by atoms with Crippen LogP contribution in [0.1, 0.15) is 28.4 Å². The van der Waals surface area contributed by atoms with Crippen molar-refractivity contribution >= 4 is 29.3 Å². The molecule has 0 unspecified atom stereocenters. The molecule has 1 aliphatic rings. The number of anilines is 1. The van der Waals surface area contributed by atoms with Gasteiger partial charge in [0.1, 0.15) is 0 Å². The number of thioether (sulfide) groups is 1. The van der Waals surface area contributed by atoms with Crippen molar-refractivity contribution in [1.82, 2.24) is 16.0 Å². The number of hydrogen-bond donors (Lipinski definition) is 3. The summed E-state index contributed by atoms with van der Waals surface area (Å²) in [5, 5.41) is 9.36. The summed E-state index contributed by atoms with van der Waals surface area (Å²) in [6.07, 6.45) is 0.818. The fourth-order valence-electron chi connectivity index (χ4n) is 3.48. The third-order valence-corrected chi connectivity index (χ3v) is 6.14. The second-order valence-corrected chi connectivity index (χ2v) is 8.64. The summed E-state index contributed by atoms with van der Waals surface area (Å²) in [5.41, 5.74) is 4.31. The van der Waals surface area contributed by atoms with E-state index in [0.717, 1.165) is 44.1 Å². The van der Waals surface area contributed by atoms with E-state index in [1.165, 1.54) is 22.8 Å². The lowest BCUT2D eigenvalue weighted by atomic mass is 10.1. The molecule has 6 nitrogen and oxygen atoms in total. The highest BCUT2D eigenvalue weighted by Crippen LogP contribution is 2.20. The van der Waals surface area contributed by atoms with Crippen molar-refractivity contribution in [3.05, 3.63) is 65.2 Å². The Morgan fingerprint density at radius 3 is 2.55 bits per heavy atom. The zero-order valence-corrected chi connectivity index (χ0v) is 19.3. The zero-order chi connectivity index (χ0) is 21.9. The van der Waals surface area contributed by atoms with Gasteiger partial charge in [-0.05, 0) is 48.7 Å². The molecule has 166 valence electrons. The van der Waals surface area contributed by atoms with Gasteiger partial charge in [0, 0.05) is 56.0 Å². The van der Waals surface area contributed by atoms with E-state index in [0.29, 0.717) is 12.1 Å². The largest absolute Gasteiger partial charge is 0.370 e. The summed E-state index contributed by atoms with van der Waals surface area (Å²) in [7, 11) is 1.65. The molecule has 0 aromatic heterocycles. The lowest BCUT2D eigenvalue weighted by molar-refractivity contribution is 0.0963. The lowest BCUT2D eigenvalue weighted by Gasteiger charge is -2.28. The maximum Gasteiger partial charge on any atom is 0.251 e. The van der Waals surface area contributed by atoms with Gasteiger partial charge < -0.3 is 20.9 Å². The molecule has 1 saturated heterocycles. The minimum atomic E-state index is -0.0603. The van der Waals surface area contributed by atoms with Crippen LogP contribution in [0, 0.1) is 0 Å². The first-order valence-corrected chi connectivity index (χ1v) is 12.1. The first-order valence-electron chi connectivity index (χ1n) is 10.9. The SMILES string of the molecule is CCNC(=NCc1ccc(N2CCSCC2)cc1)NCCc1cccc(C(=O)NC)c1. The molecular formula is C24H33N5OS. The number of nitrogens with one attached hydrogen (secondary N) is 3. The van der Waals surface area contributed by atoms with Crippen molar-refractivity contribution < 1.29 is 4.79 Å². The fraction of sp³-hybridized carbons (Fsp3) is 0.417. The number of rotatable bonds is 8. The quantitative estimate of drug-likeness (QED) is 0.436. The number of nitrogens with zero attached hydrogens (tertiary/aromatic N) is 2. The topological polar surface area (TPSA) is 68.8 Å². The van der Waals surface area contributed by atoms with Gasteiger partial charge >= 0.3 is 0 Å². The Morgan fingerprint density at radius 2 is 1.84 bits per heavy atom. The van der Waals surface area contributed by atoms with E-state index in [2.05, 4.69) is 52.0 Å². The number of hydrogen-bond acceptors (Lipinski definition) is 4. The minimum Gasteiger partial charge on any atom is -0.370 e. The highest BCUT2D eigenvalue weighted by molar-refractivity contribution is 7.99. The molecule has 1 fully saturated rings. The van der Waals surface area contributed by atoms with E-state index in [1.807, 2.05) is 36.0 Å². The van der Waals surface area contributed by atoms with Gasteiger partial charge in [-0.2, -0.15) is 11.8 Å². The predicted molar refractivity (Wildman–Crippen MR) is 132 cm³/mol. The van der Waals surface area contributed by atoms with E-state index in [4.69, 9.17) is 4.99 Å². The fourth-order valence-corrected chi connectivity index (χ4v) is 4.39. The average Bonchev–Trinajstić information content (AvgIpc) is 2.83. The summed E-state index contributed by atoms with van der Waals surface area (Å²) in [4.78, 5) is 19.0. The standard InChI is InChI=1S/C24H33N5OS/c1-3-26-24(27-12-11-19-5-4-6-21(17-19)23(30)25-2)28-18-20-7-9-22(10-8-20)29-13-15-31-16-14-29/h4-10,17H,3,11-16,18H2,1-2H3,(H,25,30)(H2,26,27,28). The van der Waals surface area contributed by atoms with E-state index in [9.17, 15) is 4.79 Å². The van der Waals surface area contributed by atoms with Crippen LogP contribution in [0.4, 0.5) is 5.69 Å². The van der Waals surface area contributed by atoms with Crippen molar-refractivity contribution in [2.24, 2.45) is 4.99 Å². The third-order valence-electron chi connectivity index (χ3n) is 5.20. The molecule has 7 heteroatoms. The zero-order valence-electron chi connectivity index (χ0n) is 18.5. The Balaban J connectivity index is 1.52. The minimum absolute atomic E-state index is 0.0603. The molecular weight excluding hydrogens is 406 g/mol. The number of aliphatic imine (C=N–C) groups is 1. The molecule has 1 heterocycles. The van der Waals surface area contributed by atoms with Crippen LogP contribution in [0.3, 0.4) is 0 Å². The summed E-state index contributed by atoms with van der Waals surface area (Å²) in [6.45, 7) is 6.51. The van der Waals surface area contributed by atoms with Gasteiger partial charge in [-0.15, -0.1) is 0 Å². The lowest BCUT2D eigenvalue weighted by Crippen LogP contribution is -2.38. The Hall–Kier alpha value is -2.67. The Bertz CT molecular complexity index is 863. The van der Waals surface area contributed by atoms with Gasteiger partial charge in [-0.25, -0.2) is 4.99 Å². The van der Waals surface area contributed by atoms with Crippen LogP contribution in [0.25, 0.3) is 0 Å². The van der Waals surface area contributed by atoms with Crippen LogP contribution in [-0.4, -0.2) is 56.6 Å². The number of carbonyl (C=O) groups is 1. The predicted octanol–water partition coefficient (Wildman–Crippen LogP) is 2.90. The van der Waals surface area contributed by atoms with Crippen molar-refractivity contribution in [3.63, 3.8) is 0 Å². The summed E-state index contributed by atoms with van der Waals surface area (Å²) in [5.74, 6) is 3.16. The van der Waals surface area contributed by atoms with Gasteiger partial charge in [0.2, 0.25) is 0 Å². The van der Waals surface area contributed by atoms with Crippen LogP contribution in [0.2, 0.25) is 0 Å². The van der Waals surface area contributed by atoms with Gasteiger partial charge in [-0.1, -0.05) is 24.3 Å². The maximum atomic E-state index is 11.8. The second-order valence-electron chi connectivity index (χ2n) is 7.42. The van der Waals surface area contributed by atoms with Crippen LogP contribution >= 0.6 is 11.8 Å². The molecule has 0 spiro atoms. The smallest absolute Gasteiger partial charge is 0.251 e. The number of benzene rings is 2. The summed E-state index contributed by atoms with van der Waals surface area (Å²) in [6, 6.07) is 16.5. The van der Waals surface area contributed by atoms with E-state index < -0.39 is 0 Å². The van der Waals surface area contributed by atoms with Crippen LogP contribution < -0.4 is 20.9 Å². The van der Waals surface area contributed by atoms with E-state index in [1.54, 1.807) is 7.05 Å². The monoisotopic (exact) mass is 439 g/mol. The van der Waals surface area contributed by atoms with Gasteiger partial charge in [-0.3, -0.25) is 4.79 Å². The maximum absolute atomic E-state index is 11.8. The second kappa shape index (κ2) is 12.2. The molecule has 0 bridgehead atoms. The molecule has 0 saturated carbocycles. The molecule has 0 radical (unpaired) electrons.